The van der Waals surface area contributed by atoms with Gasteiger partial charge in [0, 0.05) is 69.0 Å². The van der Waals surface area contributed by atoms with Crippen LogP contribution in [-0.2, 0) is 39.8 Å². The summed E-state index contributed by atoms with van der Waals surface area (Å²) in [6.45, 7) is 11.7. The topological polar surface area (TPSA) is 170 Å². The first-order valence-electron chi connectivity index (χ1n) is 19.1. The van der Waals surface area contributed by atoms with Gasteiger partial charge in [-0.3, -0.25) is 28.9 Å². The monoisotopic (exact) mass is 768 g/mol. The Kier molecular flexibility index (Phi) is 14.3. The summed E-state index contributed by atoms with van der Waals surface area (Å²) in [5.74, 6) is -1.30. The van der Waals surface area contributed by atoms with Crippen molar-refractivity contribution < 1.29 is 38.2 Å². The first-order valence-corrected chi connectivity index (χ1v) is 20.0. The van der Waals surface area contributed by atoms with Crippen LogP contribution in [0.2, 0.25) is 0 Å². The molecule has 4 fully saturated rings. The van der Waals surface area contributed by atoms with Gasteiger partial charge in [-0.05, 0) is 63.1 Å². The average Bonchev–Trinajstić information content (AvgIpc) is 3.63. The van der Waals surface area contributed by atoms with Crippen LogP contribution in [0.1, 0.15) is 99.2 Å². The van der Waals surface area contributed by atoms with Crippen LogP contribution in [0.15, 0.2) is 17.8 Å². The third-order valence-electron chi connectivity index (χ3n) is 11.2. The fraction of sp³-hybridized carbons (Fsp3) is 0.692. The molecule has 4 aliphatic rings. The zero-order valence-electron chi connectivity index (χ0n) is 32.6. The number of rotatable bonds is 18. The van der Waals surface area contributed by atoms with Gasteiger partial charge in [0.15, 0.2) is 11.9 Å². The largest absolute Gasteiger partial charge is 0.469 e. The lowest BCUT2D eigenvalue weighted by atomic mass is 9.78. The van der Waals surface area contributed by atoms with Crippen molar-refractivity contribution in [1.82, 2.24) is 30.1 Å². The molecule has 0 unspecified atom stereocenters. The molecule has 2 aromatic rings. The SMILES string of the molecule is COC(=O)[C@@H](C)C[C@H](Cc1ncc(C)cn1)NC(=O)c1csc([C@@H](C[C@H](C(C)C)N(C)C(=O)[C@@H](CC(=O)[C@H]2CC3CCN2CC3)C2COC2)OC(C)=O)n1. The highest BCUT2D eigenvalue weighted by molar-refractivity contribution is 7.09. The number of piperidine rings is 3. The number of nitrogens with zero attached hydrogens (tertiary/aromatic N) is 5. The van der Waals surface area contributed by atoms with Crippen LogP contribution in [0.25, 0.3) is 0 Å². The van der Waals surface area contributed by atoms with E-state index in [0.29, 0.717) is 30.0 Å². The fourth-order valence-electron chi connectivity index (χ4n) is 7.98. The number of nitrogens with one attached hydrogen (secondary N) is 1. The van der Waals surface area contributed by atoms with Crippen molar-refractivity contribution >= 4 is 40.9 Å². The van der Waals surface area contributed by atoms with E-state index in [1.807, 2.05) is 20.8 Å². The number of carbonyl (C=O) groups is 5. The number of hydrogen-bond acceptors (Lipinski definition) is 13. The molecule has 6 rings (SSSR count). The molecule has 0 saturated carbocycles. The van der Waals surface area contributed by atoms with E-state index in [4.69, 9.17) is 14.2 Å². The van der Waals surface area contributed by atoms with Gasteiger partial charge >= 0.3 is 11.9 Å². The van der Waals surface area contributed by atoms with E-state index in [1.165, 1.54) is 25.4 Å². The number of carbonyl (C=O) groups excluding carboxylic acids is 5. The molecule has 2 aromatic heterocycles. The molecule has 6 atom stereocenters. The van der Waals surface area contributed by atoms with Gasteiger partial charge in [-0.1, -0.05) is 20.8 Å². The summed E-state index contributed by atoms with van der Waals surface area (Å²) in [6.07, 6.45) is 6.72. The fourth-order valence-corrected chi connectivity index (χ4v) is 8.82. The molecule has 14 nitrogen and oxygen atoms in total. The van der Waals surface area contributed by atoms with Crippen LogP contribution in [0.3, 0.4) is 0 Å². The third kappa shape index (κ3) is 10.5. The van der Waals surface area contributed by atoms with Crippen LogP contribution in [0, 0.1) is 36.5 Å². The van der Waals surface area contributed by atoms with Crippen molar-refractivity contribution in [2.24, 2.45) is 29.6 Å². The van der Waals surface area contributed by atoms with Gasteiger partial charge in [0.2, 0.25) is 5.91 Å². The Morgan fingerprint density at radius 1 is 1.07 bits per heavy atom. The molecule has 296 valence electrons. The average molecular weight is 769 g/mol. The molecule has 6 heterocycles. The summed E-state index contributed by atoms with van der Waals surface area (Å²) < 4.78 is 16.2. The summed E-state index contributed by atoms with van der Waals surface area (Å²) in [7, 11) is 3.08. The van der Waals surface area contributed by atoms with E-state index in [9.17, 15) is 24.0 Å². The van der Waals surface area contributed by atoms with Gasteiger partial charge in [0.1, 0.15) is 16.5 Å². The number of ether oxygens (including phenoxy) is 3. The van der Waals surface area contributed by atoms with Crippen LogP contribution in [-0.4, -0.2) is 113 Å². The maximum absolute atomic E-state index is 14.3. The Hall–Kier alpha value is -3.82. The zero-order chi connectivity index (χ0) is 39.1. The van der Waals surface area contributed by atoms with Crippen molar-refractivity contribution in [2.75, 3.05) is 40.5 Å². The number of Topliss-reactive ketones (excluding diaryl/α,β-unsaturated/α-hetero) is 1. The highest BCUT2D eigenvalue weighted by Gasteiger charge is 2.43. The lowest BCUT2D eigenvalue weighted by Crippen LogP contribution is -2.54. The summed E-state index contributed by atoms with van der Waals surface area (Å²) >= 11 is 1.19. The number of thiazole rings is 1. The number of aromatic nitrogens is 3. The molecule has 54 heavy (non-hydrogen) atoms. The number of hydrogen-bond donors (Lipinski definition) is 1. The molecule has 0 radical (unpaired) electrons. The van der Waals surface area contributed by atoms with E-state index in [-0.39, 0.29) is 67.0 Å². The smallest absolute Gasteiger partial charge is 0.308 e. The van der Waals surface area contributed by atoms with Crippen LogP contribution in [0.4, 0.5) is 0 Å². The minimum Gasteiger partial charge on any atom is -0.469 e. The minimum atomic E-state index is -0.828. The van der Waals surface area contributed by atoms with E-state index >= 15 is 0 Å². The summed E-state index contributed by atoms with van der Waals surface area (Å²) in [4.78, 5) is 83.6. The molecule has 0 aromatic carbocycles. The normalized spacial score (nSPS) is 22.3. The van der Waals surface area contributed by atoms with E-state index in [0.717, 1.165) is 37.9 Å². The van der Waals surface area contributed by atoms with Crippen LogP contribution >= 0.6 is 11.3 Å². The summed E-state index contributed by atoms with van der Waals surface area (Å²) in [5.41, 5.74) is 1.03. The Bertz CT molecular complexity index is 1620. The first-order chi connectivity index (χ1) is 25.7. The molecular formula is C39H56N6O8S. The Labute approximate surface area is 322 Å². The van der Waals surface area contributed by atoms with Crippen LogP contribution < -0.4 is 5.32 Å². The van der Waals surface area contributed by atoms with Crippen molar-refractivity contribution in [3.05, 3.63) is 39.9 Å². The number of esters is 2. The quantitative estimate of drug-likeness (QED) is 0.217. The molecule has 15 heteroatoms. The Morgan fingerprint density at radius 2 is 1.76 bits per heavy atom. The minimum absolute atomic E-state index is 0.0320. The molecule has 1 N–H and O–H groups in total. The lowest BCUT2D eigenvalue weighted by molar-refractivity contribution is -0.154. The van der Waals surface area contributed by atoms with Gasteiger partial charge in [0.25, 0.3) is 5.91 Å². The Morgan fingerprint density at radius 3 is 2.31 bits per heavy atom. The number of ketones is 1. The highest BCUT2D eigenvalue weighted by Crippen LogP contribution is 2.36. The van der Waals surface area contributed by atoms with Crippen molar-refractivity contribution in [2.45, 2.75) is 104 Å². The third-order valence-corrected chi connectivity index (χ3v) is 12.2. The number of amides is 2. The van der Waals surface area contributed by atoms with Crippen molar-refractivity contribution in [3.63, 3.8) is 0 Å². The highest BCUT2D eigenvalue weighted by atomic mass is 32.1. The second-order valence-corrected chi connectivity index (χ2v) is 16.6. The van der Waals surface area contributed by atoms with Crippen molar-refractivity contribution in [3.8, 4) is 0 Å². The molecule has 4 saturated heterocycles. The predicted octanol–water partition coefficient (Wildman–Crippen LogP) is 3.97. The molecule has 2 amide bonds. The number of aryl methyl sites for hydroxylation is 1. The van der Waals surface area contributed by atoms with Crippen LogP contribution in [0.5, 0.6) is 0 Å². The first kappa shape index (κ1) is 41.3. The van der Waals surface area contributed by atoms with Gasteiger partial charge in [-0.25, -0.2) is 15.0 Å². The van der Waals surface area contributed by atoms with E-state index in [1.54, 1.807) is 36.6 Å². The number of methoxy groups -OCH3 is 1. The molecule has 4 aliphatic heterocycles. The van der Waals surface area contributed by atoms with Gasteiger partial charge < -0.3 is 24.4 Å². The van der Waals surface area contributed by atoms with E-state index in [2.05, 4.69) is 25.2 Å². The standard InChI is InChI=1S/C39H56N6O8S/c1-22(2)31(44(6)38(49)29(27-19-52-20-27)15-33(47)32-13-26-8-10-45(32)11-9-26)16-34(53-25(5)46)37-43-30(21-54-37)36(48)42-28(12-24(4)39(50)51-7)14-35-40-17-23(3)18-41-35/h17-18,21-22,24,26-29,31-32,34H,8-16,19-20H2,1-7H3,(H,42,48)/t24-,28+,29-,31+,32+,34+/m0/s1. The van der Waals surface area contributed by atoms with Gasteiger partial charge in [-0.2, -0.15) is 0 Å². The summed E-state index contributed by atoms with van der Waals surface area (Å²) in [6, 6.07) is -0.984. The second kappa shape index (κ2) is 18.7. The Balaban J connectivity index is 1.29. The molecule has 0 spiro atoms. The maximum atomic E-state index is 14.3. The lowest BCUT2D eigenvalue weighted by Gasteiger charge is -2.45. The molecule has 2 bridgehead atoms. The molecular weight excluding hydrogens is 713 g/mol. The van der Waals surface area contributed by atoms with Crippen molar-refractivity contribution in [1.29, 1.82) is 0 Å². The van der Waals surface area contributed by atoms with Gasteiger partial charge in [0.05, 0.1) is 38.2 Å². The summed E-state index contributed by atoms with van der Waals surface area (Å²) in [5, 5.41) is 5.02. The number of fused-ring (bicyclic) bond motifs is 3. The second-order valence-electron chi connectivity index (χ2n) is 15.7. The van der Waals surface area contributed by atoms with Gasteiger partial charge in [-0.15, -0.1) is 11.3 Å². The maximum Gasteiger partial charge on any atom is 0.308 e. The van der Waals surface area contributed by atoms with E-state index < -0.39 is 41.8 Å². The molecule has 0 aliphatic carbocycles. The zero-order valence-corrected chi connectivity index (χ0v) is 33.4. The predicted molar refractivity (Wildman–Crippen MR) is 200 cm³/mol.